The fourth-order valence-corrected chi connectivity index (χ4v) is 4.23. The lowest BCUT2D eigenvalue weighted by Gasteiger charge is -2.35. The zero-order valence-electron chi connectivity index (χ0n) is 18.1. The Balaban J connectivity index is 1.66. The van der Waals surface area contributed by atoms with E-state index in [0.717, 1.165) is 42.5 Å². The van der Waals surface area contributed by atoms with Crippen LogP contribution in [0.25, 0.3) is 0 Å². The third kappa shape index (κ3) is 4.24. The zero-order chi connectivity index (χ0) is 21.3. The number of carbonyl (C=O) groups is 1. The summed E-state index contributed by atoms with van der Waals surface area (Å²) in [6, 6.07) is 7.41. The highest BCUT2D eigenvalue weighted by atomic mass is 35.5. The molecule has 160 valence electrons. The fourth-order valence-electron chi connectivity index (χ4n) is 4.10. The van der Waals surface area contributed by atoms with Crippen molar-refractivity contribution in [2.75, 3.05) is 36.5 Å². The van der Waals surface area contributed by atoms with Gasteiger partial charge in [0, 0.05) is 55.3 Å². The van der Waals surface area contributed by atoms with E-state index in [9.17, 15) is 4.79 Å². The maximum absolute atomic E-state index is 13.1. The van der Waals surface area contributed by atoms with Crippen molar-refractivity contribution in [3.63, 3.8) is 0 Å². The van der Waals surface area contributed by atoms with Gasteiger partial charge in [-0.25, -0.2) is 4.98 Å². The van der Waals surface area contributed by atoms with Crippen LogP contribution in [0.5, 0.6) is 0 Å². The van der Waals surface area contributed by atoms with E-state index in [1.165, 1.54) is 19.3 Å². The van der Waals surface area contributed by atoms with Crippen molar-refractivity contribution in [1.82, 2.24) is 14.9 Å². The summed E-state index contributed by atoms with van der Waals surface area (Å²) in [5.74, 6) is 1.81. The molecule has 7 heteroatoms. The molecule has 1 aromatic carbocycles. The fraction of sp³-hybridized carbons (Fsp3) is 0.522. The summed E-state index contributed by atoms with van der Waals surface area (Å²) in [5, 5.41) is 0.634. The lowest BCUT2D eigenvalue weighted by molar-refractivity contribution is 0.0733. The van der Waals surface area contributed by atoms with Gasteiger partial charge < -0.3 is 14.7 Å². The quantitative estimate of drug-likeness (QED) is 0.733. The van der Waals surface area contributed by atoms with Crippen molar-refractivity contribution in [2.24, 2.45) is 0 Å². The molecule has 2 aliphatic heterocycles. The molecule has 2 aromatic rings. The van der Waals surface area contributed by atoms with E-state index in [1.807, 2.05) is 4.90 Å². The van der Waals surface area contributed by atoms with E-state index in [1.54, 1.807) is 24.3 Å². The molecule has 2 aliphatic rings. The molecule has 0 atom stereocenters. The molecule has 0 bridgehead atoms. The summed E-state index contributed by atoms with van der Waals surface area (Å²) < 4.78 is 0. The number of benzene rings is 1. The second-order valence-corrected chi connectivity index (χ2v) is 8.94. The van der Waals surface area contributed by atoms with Gasteiger partial charge in [-0.15, -0.1) is 0 Å². The van der Waals surface area contributed by atoms with Crippen molar-refractivity contribution in [2.45, 2.75) is 52.1 Å². The number of fused-ring (bicyclic) bond motifs is 1. The van der Waals surface area contributed by atoms with Crippen LogP contribution in [-0.4, -0.2) is 53.5 Å². The second-order valence-electron chi connectivity index (χ2n) is 8.51. The first-order valence-corrected chi connectivity index (χ1v) is 11.2. The van der Waals surface area contributed by atoms with E-state index in [0.29, 0.717) is 29.7 Å². The summed E-state index contributed by atoms with van der Waals surface area (Å²) in [5.41, 5.74) is 2.81. The van der Waals surface area contributed by atoms with E-state index >= 15 is 0 Å². The molecule has 6 nitrogen and oxygen atoms in total. The van der Waals surface area contributed by atoms with Crippen molar-refractivity contribution < 1.29 is 4.79 Å². The van der Waals surface area contributed by atoms with Crippen molar-refractivity contribution in [1.29, 1.82) is 0 Å². The minimum absolute atomic E-state index is 0.0237. The van der Waals surface area contributed by atoms with E-state index in [-0.39, 0.29) is 5.91 Å². The molecule has 0 radical (unpaired) electrons. The van der Waals surface area contributed by atoms with Gasteiger partial charge in [-0.05, 0) is 57.4 Å². The molecule has 30 heavy (non-hydrogen) atoms. The molecule has 3 heterocycles. The Morgan fingerprint density at radius 2 is 1.77 bits per heavy atom. The first-order valence-electron chi connectivity index (χ1n) is 10.9. The molecule has 4 rings (SSSR count). The highest BCUT2D eigenvalue weighted by Crippen LogP contribution is 2.31. The number of carbonyl (C=O) groups excluding carboxylic acids is 1. The van der Waals surface area contributed by atoms with Crippen molar-refractivity contribution in [3.8, 4) is 0 Å². The molecule has 0 unspecified atom stereocenters. The lowest BCUT2D eigenvalue weighted by atomic mass is 10.0. The summed E-state index contributed by atoms with van der Waals surface area (Å²) in [7, 11) is 2.08. The van der Waals surface area contributed by atoms with Crippen LogP contribution < -0.4 is 9.80 Å². The molecule has 0 spiro atoms. The van der Waals surface area contributed by atoms with Gasteiger partial charge in [0.2, 0.25) is 5.95 Å². The van der Waals surface area contributed by atoms with Gasteiger partial charge in [-0.3, -0.25) is 4.79 Å². The maximum Gasteiger partial charge on any atom is 0.254 e. The molecule has 1 saturated heterocycles. The molecule has 0 N–H and O–H groups in total. The van der Waals surface area contributed by atoms with Gasteiger partial charge in [-0.2, -0.15) is 4.98 Å². The Labute approximate surface area is 183 Å². The molecular formula is C23H30ClN5O. The third-order valence-electron chi connectivity index (χ3n) is 6.15. The maximum atomic E-state index is 13.1. The van der Waals surface area contributed by atoms with Gasteiger partial charge >= 0.3 is 0 Å². The molecule has 1 amide bonds. The Bertz CT molecular complexity index is 909. The number of hydrogen-bond acceptors (Lipinski definition) is 5. The van der Waals surface area contributed by atoms with Gasteiger partial charge in [0.15, 0.2) is 0 Å². The van der Waals surface area contributed by atoms with Crippen molar-refractivity contribution in [3.05, 3.63) is 46.1 Å². The van der Waals surface area contributed by atoms with Gasteiger partial charge in [-0.1, -0.05) is 11.6 Å². The molecular weight excluding hydrogens is 398 g/mol. The molecule has 1 fully saturated rings. The Kier molecular flexibility index (Phi) is 6.14. The van der Waals surface area contributed by atoms with Crippen LogP contribution >= 0.6 is 11.6 Å². The van der Waals surface area contributed by atoms with Gasteiger partial charge in [0.25, 0.3) is 5.91 Å². The highest BCUT2D eigenvalue weighted by molar-refractivity contribution is 6.30. The SMILES string of the molecule is CC(C)N(C)c1nc(N2CCCCC2)nc2c1CN(C(=O)c1ccc(Cl)cc1)CC2. The minimum Gasteiger partial charge on any atom is -0.357 e. The molecule has 1 aromatic heterocycles. The van der Waals surface area contributed by atoms with Crippen LogP contribution in [0, 0.1) is 0 Å². The minimum atomic E-state index is 0.0237. The first-order chi connectivity index (χ1) is 14.4. The normalized spacial score (nSPS) is 16.6. The van der Waals surface area contributed by atoms with Crippen LogP contribution in [0.3, 0.4) is 0 Å². The first kappa shape index (κ1) is 20.9. The smallest absolute Gasteiger partial charge is 0.254 e. The molecule has 0 aliphatic carbocycles. The average Bonchev–Trinajstić information content (AvgIpc) is 2.78. The van der Waals surface area contributed by atoms with E-state index in [4.69, 9.17) is 21.6 Å². The number of anilines is 2. The largest absolute Gasteiger partial charge is 0.357 e. The molecule has 0 saturated carbocycles. The van der Waals surface area contributed by atoms with E-state index < -0.39 is 0 Å². The van der Waals surface area contributed by atoms with Crippen LogP contribution in [0.2, 0.25) is 5.02 Å². The lowest BCUT2D eigenvalue weighted by Crippen LogP contribution is -2.39. The second kappa shape index (κ2) is 8.80. The Morgan fingerprint density at radius 3 is 2.43 bits per heavy atom. The van der Waals surface area contributed by atoms with Crippen LogP contribution in [0.15, 0.2) is 24.3 Å². The monoisotopic (exact) mass is 427 g/mol. The Morgan fingerprint density at radius 1 is 1.07 bits per heavy atom. The third-order valence-corrected chi connectivity index (χ3v) is 6.40. The summed E-state index contributed by atoms with van der Waals surface area (Å²) in [6.07, 6.45) is 4.41. The standard InChI is InChI=1S/C23H30ClN5O/c1-16(2)27(3)21-19-15-29(22(30)17-7-9-18(24)10-8-17)14-11-20(19)25-23(26-21)28-12-5-4-6-13-28/h7-10,16H,4-6,11-15H2,1-3H3. The van der Waals surface area contributed by atoms with Crippen LogP contribution in [0.1, 0.15) is 54.7 Å². The number of rotatable bonds is 4. The number of amides is 1. The number of nitrogens with zero attached hydrogens (tertiary/aromatic N) is 5. The summed E-state index contributed by atoms with van der Waals surface area (Å²) in [4.78, 5) is 29.4. The number of piperidine rings is 1. The summed E-state index contributed by atoms with van der Waals surface area (Å²) in [6.45, 7) is 7.55. The number of halogens is 1. The Hall–Kier alpha value is -2.34. The topological polar surface area (TPSA) is 52.6 Å². The van der Waals surface area contributed by atoms with Crippen molar-refractivity contribution >= 4 is 29.3 Å². The predicted molar refractivity (Wildman–Crippen MR) is 122 cm³/mol. The highest BCUT2D eigenvalue weighted by Gasteiger charge is 2.29. The van der Waals surface area contributed by atoms with Gasteiger partial charge in [0.05, 0.1) is 12.2 Å². The summed E-state index contributed by atoms with van der Waals surface area (Å²) >= 11 is 5.98. The van der Waals surface area contributed by atoms with Crippen LogP contribution in [-0.2, 0) is 13.0 Å². The zero-order valence-corrected chi connectivity index (χ0v) is 18.8. The predicted octanol–water partition coefficient (Wildman–Crippen LogP) is 4.16. The van der Waals surface area contributed by atoms with Crippen LogP contribution in [0.4, 0.5) is 11.8 Å². The van der Waals surface area contributed by atoms with Gasteiger partial charge in [0.1, 0.15) is 5.82 Å². The van der Waals surface area contributed by atoms with E-state index in [2.05, 4.69) is 30.7 Å². The number of aromatic nitrogens is 2. The number of hydrogen-bond donors (Lipinski definition) is 0. The average molecular weight is 428 g/mol.